The summed E-state index contributed by atoms with van der Waals surface area (Å²) in [5, 5.41) is 23.9. The zero-order valence-electron chi connectivity index (χ0n) is 30.6. The molecule has 2 aliphatic rings. The van der Waals surface area contributed by atoms with Crippen molar-refractivity contribution in [2.75, 3.05) is 33.2 Å². The highest BCUT2D eigenvalue weighted by Gasteiger charge is 2.37. The lowest BCUT2D eigenvalue weighted by Gasteiger charge is -2.27. The highest BCUT2D eigenvalue weighted by molar-refractivity contribution is 5.96. The minimum absolute atomic E-state index is 0.103. The van der Waals surface area contributed by atoms with Gasteiger partial charge in [-0.05, 0) is 24.0 Å². The Morgan fingerprint density at radius 1 is 0.982 bits per heavy atom. The van der Waals surface area contributed by atoms with Crippen LogP contribution in [0.5, 0.6) is 0 Å². The van der Waals surface area contributed by atoms with Crippen LogP contribution in [0.2, 0.25) is 0 Å². The fourth-order valence-electron chi connectivity index (χ4n) is 5.77. The molecule has 294 valence electrons. The standard InChI is InChI=1S/C26H33N9O6.C10H16N4/c1-27-21(36)12-29-24(39)19-11-17-14-34(33-32-17)15-22(37)28-13-23(38)35-9-5-8-20(35)26(41)31-18(25(40)30-19)10-16-6-3-2-4-7-16;11-6-10(14-12)8-13-7-9-4-2-1-3-5-9/h2-4,6-7,14,18-20H,5,8-13,15H2,1H3,(H,27,36)(H,28,37)(H,29,39)(H,30,40)(H,31,41);1-5,8,13-14H,6-7,11-12H2/b;10-8-. The Bertz CT molecular complexity index is 1780. The largest absolute Gasteiger partial charge is 0.385 e. The van der Waals surface area contributed by atoms with Crippen LogP contribution in [-0.2, 0) is 54.7 Å². The average Bonchev–Trinajstić information content (AvgIpc) is 3.88. The molecule has 3 unspecified atom stereocenters. The molecule has 0 spiro atoms. The van der Waals surface area contributed by atoms with Crippen LogP contribution in [0.4, 0.5) is 0 Å². The van der Waals surface area contributed by atoms with Crippen molar-refractivity contribution in [1.82, 2.24) is 57.2 Å². The van der Waals surface area contributed by atoms with Crippen LogP contribution in [-0.4, -0.2) is 107 Å². The van der Waals surface area contributed by atoms with E-state index in [-0.39, 0.29) is 32.5 Å². The molecule has 11 N–H and O–H groups in total. The van der Waals surface area contributed by atoms with Gasteiger partial charge in [0, 0.05) is 51.9 Å². The van der Waals surface area contributed by atoms with Gasteiger partial charge in [-0.15, -0.1) is 5.10 Å². The van der Waals surface area contributed by atoms with Gasteiger partial charge in [0.25, 0.3) is 0 Å². The van der Waals surface area contributed by atoms with Gasteiger partial charge >= 0.3 is 0 Å². The Balaban J connectivity index is 0.000000404. The summed E-state index contributed by atoms with van der Waals surface area (Å²) in [6.45, 7) is 0.659. The van der Waals surface area contributed by atoms with Gasteiger partial charge in [-0.25, -0.2) is 4.68 Å². The maximum Gasteiger partial charge on any atom is 0.243 e. The molecular formula is C36H49N13O6. The molecule has 3 aromatic rings. The van der Waals surface area contributed by atoms with Crippen LogP contribution >= 0.6 is 0 Å². The molecule has 0 radical (unpaired) electrons. The predicted molar refractivity (Wildman–Crippen MR) is 200 cm³/mol. The number of hydrogen-bond acceptors (Lipinski definition) is 12. The number of rotatable bonds is 10. The zero-order chi connectivity index (χ0) is 39.6. The van der Waals surface area contributed by atoms with Crippen molar-refractivity contribution in [2.24, 2.45) is 11.6 Å². The second-order valence-corrected chi connectivity index (χ2v) is 12.7. The van der Waals surface area contributed by atoms with Crippen molar-refractivity contribution >= 4 is 35.4 Å². The van der Waals surface area contributed by atoms with Gasteiger partial charge in [-0.3, -0.25) is 34.6 Å². The normalized spacial score (nSPS) is 19.3. The molecule has 1 aromatic heterocycles. The van der Waals surface area contributed by atoms with E-state index >= 15 is 0 Å². The first-order chi connectivity index (χ1) is 26.6. The number of carbonyl (C=O) groups is 6. The maximum absolute atomic E-state index is 13.6. The molecule has 2 aliphatic heterocycles. The van der Waals surface area contributed by atoms with E-state index in [1.807, 2.05) is 36.4 Å². The Morgan fingerprint density at radius 3 is 2.36 bits per heavy atom. The molecule has 1 fully saturated rings. The van der Waals surface area contributed by atoms with E-state index in [4.69, 9.17) is 11.6 Å². The lowest BCUT2D eigenvalue weighted by atomic mass is 10.0. The number of amides is 6. The molecule has 19 heteroatoms. The number of nitrogens with one attached hydrogen (secondary N) is 7. The van der Waals surface area contributed by atoms with Gasteiger partial charge in [-0.2, -0.15) is 0 Å². The lowest BCUT2D eigenvalue weighted by Crippen LogP contribution is -2.58. The number of benzene rings is 2. The number of nitrogens with zero attached hydrogens (tertiary/aromatic N) is 4. The molecular weight excluding hydrogens is 710 g/mol. The molecule has 0 aliphatic carbocycles. The van der Waals surface area contributed by atoms with Crippen molar-refractivity contribution in [1.29, 1.82) is 0 Å². The molecule has 3 heterocycles. The highest BCUT2D eigenvalue weighted by atomic mass is 16.2. The van der Waals surface area contributed by atoms with E-state index in [0.717, 1.165) is 17.8 Å². The van der Waals surface area contributed by atoms with Crippen LogP contribution in [0.3, 0.4) is 0 Å². The van der Waals surface area contributed by atoms with Crippen molar-refractivity contribution in [3.05, 3.63) is 95.6 Å². The number of nitrogens with two attached hydrogens (primary N) is 2. The summed E-state index contributed by atoms with van der Waals surface area (Å²) < 4.78 is 1.25. The Kier molecular flexibility index (Phi) is 16.1. The minimum atomic E-state index is -1.18. The zero-order valence-corrected chi connectivity index (χ0v) is 30.6. The lowest BCUT2D eigenvalue weighted by molar-refractivity contribution is -0.140. The third kappa shape index (κ3) is 13.2. The van der Waals surface area contributed by atoms with E-state index in [0.29, 0.717) is 31.6 Å². The molecule has 0 saturated carbocycles. The number of hydrogen-bond donors (Lipinski definition) is 9. The fourth-order valence-corrected chi connectivity index (χ4v) is 5.77. The summed E-state index contributed by atoms with van der Waals surface area (Å²) in [4.78, 5) is 78.5. The third-order valence-corrected chi connectivity index (χ3v) is 8.70. The Labute approximate surface area is 318 Å². The van der Waals surface area contributed by atoms with Crippen LogP contribution in [0, 0.1) is 0 Å². The first kappa shape index (κ1) is 41.4. The summed E-state index contributed by atoms with van der Waals surface area (Å²) in [6.07, 6.45) is 4.24. The second-order valence-electron chi connectivity index (χ2n) is 12.7. The quantitative estimate of drug-likeness (QED) is 0.0742. The van der Waals surface area contributed by atoms with E-state index in [2.05, 4.69) is 59.8 Å². The van der Waals surface area contributed by atoms with Crippen LogP contribution < -0.4 is 48.9 Å². The van der Waals surface area contributed by atoms with Gasteiger partial charge in [0.05, 0.1) is 24.5 Å². The summed E-state index contributed by atoms with van der Waals surface area (Å²) >= 11 is 0. The van der Waals surface area contributed by atoms with Crippen LogP contribution in [0.1, 0.15) is 29.7 Å². The van der Waals surface area contributed by atoms with Crippen molar-refractivity contribution < 1.29 is 28.8 Å². The Hall–Kier alpha value is -6.34. The molecule has 5 rings (SSSR count). The average molecular weight is 760 g/mol. The summed E-state index contributed by atoms with van der Waals surface area (Å²) in [5.41, 5.74) is 11.0. The molecule has 6 amide bonds. The van der Waals surface area contributed by atoms with Crippen LogP contribution in [0.15, 0.2) is 78.8 Å². The first-order valence-electron chi connectivity index (χ1n) is 17.8. The summed E-state index contributed by atoms with van der Waals surface area (Å²) in [7, 11) is 1.43. The molecule has 55 heavy (non-hydrogen) atoms. The first-order valence-corrected chi connectivity index (χ1v) is 17.8. The minimum Gasteiger partial charge on any atom is -0.385 e. The van der Waals surface area contributed by atoms with Gasteiger partial charge < -0.3 is 48.0 Å². The number of fused-ring (bicyclic) bond motifs is 3. The number of hydrazine groups is 1. The molecule has 3 atom stereocenters. The number of carbonyl (C=O) groups excluding carboxylic acids is 6. The summed E-state index contributed by atoms with van der Waals surface area (Å²) in [6, 6.07) is 16.1. The van der Waals surface area contributed by atoms with Gasteiger partial charge in [0.1, 0.15) is 24.7 Å². The van der Waals surface area contributed by atoms with E-state index in [1.165, 1.54) is 28.4 Å². The topological polar surface area (TPSA) is 273 Å². The monoisotopic (exact) mass is 759 g/mol. The maximum atomic E-state index is 13.6. The highest BCUT2D eigenvalue weighted by Crippen LogP contribution is 2.18. The third-order valence-electron chi connectivity index (χ3n) is 8.70. The number of aromatic nitrogens is 3. The molecule has 2 bridgehead atoms. The number of likely N-dealkylation sites (N-methyl/N-ethyl adjacent to an activating group) is 1. The second kappa shape index (κ2) is 21.4. The summed E-state index contributed by atoms with van der Waals surface area (Å²) in [5.74, 6) is 2.09. The van der Waals surface area contributed by atoms with E-state index in [9.17, 15) is 28.8 Å². The molecule has 2 aromatic carbocycles. The molecule has 19 nitrogen and oxygen atoms in total. The van der Waals surface area contributed by atoms with Crippen LogP contribution in [0.25, 0.3) is 0 Å². The van der Waals surface area contributed by atoms with Gasteiger partial charge in [0.2, 0.25) is 35.4 Å². The smallest absolute Gasteiger partial charge is 0.243 e. The van der Waals surface area contributed by atoms with Crippen molar-refractivity contribution in [3.8, 4) is 0 Å². The Morgan fingerprint density at radius 2 is 1.69 bits per heavy atom. The SMILES string of the molecule is CNC(=O)CNC(=O)C1Cc2cn(nn2)CC(=O)NCC(=O)N2CCCC2C(=O)NC(Cc2ccccc2)C(=O)N1.NC/C(=C/NCc1ccccc1)NN. The predicted octanol–water partition coefficient (Wildman–Crippen LogP) is -2.94. The fraction of sp³-hybridized carbons (Fsp3) is 0.389. The van der Waals surface area contributed by atoms with E-state index in [1.54, 1.807) is 18.3 Å². The van der Waals surface area contributed by atoms with Crippen molar-refractivity contribution in [2.45, 2.75) is 56.9 Å². The molecule has 1 saturated heterocycles. The van der Waals surface area contributed by atoms with Crippen molar-refractivity contribution in [3.63, 3.8) is 0 Å². The van der Waals surface area contributed by atoms with E-state index < -0.39 is 53.6 Å². The van der Waals surface area contributed by atoms with Gasteiger partial charge in [0.15, 0.2) is 0 Å². The van der Waals surface area contributed by atoms with Gasteiger partial charge in [-0.1, -0.05) is 65.9 Å².